The fraction of sp³-hybridized carbons (Fsp3) is 0.368. The first kappa shape index (κ1) is 16.4. The number of aliphatic hydroxyl groups is 1. The minimum absolute atomic E-state index is 0.0311. The van der Waals surface area contributed by atoms with E-state index >= 15 is 0 Å². The van der Waals surface area contributed by atoms with E-state index in [9.17, 15) is 9.90 Å². The van der Waals surface area contributed by atoms with Crippen LogP contribution in [0.1, 0.15) is 34.4 Å². The highest BCUT2D eigenvalue weighted by atomic mass is 32.1. The fourth-order valence-corrected chi connectivity index (χ4v) is 4.80. The molecule has 4 rings (SSSR count). The zero-order valence-corrected chi connectivity index (χ0v) is 15.0. The summed E-state index contributed by atoms with van der Waals surface area (Å²) < 4.78 is 0. The van der Waals surface area contributed by atoms with E-state index in [-0.39, 0.29) is 5.56 Å². The molecule has 3 aromatic rings. The maximum atomic E-state index is 12.5. The summed E-state index contributed by atoms with van der Waals surface area (Å²) >= 11 is 1.65. The van der Waals surface area contributed by atoms with E-state index in [0.717, 1.165) is 35.0 Å². The predicted octanol–water partition coefficient (Wildman–Crippen LogP) is 2.64. The molecule has 0 saturated carbocycles. The van der Waals surface area contributed by atoms with Gasteiger partial charge < -0.3 is 10.1 Å². The molecule has 0 unspecified atom stereocenters. The number of nitrogens with one attached hydrogen (secondary N) is 1. The fourth-order valence-electron chi connectivity index (χ4n) is 3.52. The van der Waals surface area contributed by atoms with Gasteiger partial charge in [0, 0.05) is 11.4 Å². The number of hydrogen-bond acceptors (Lipinski definition) is 5. The van der Waals surface area contributed by atoms with Crippen LogP contribution in [0.2, 0.25) is 0 Å². The van der Waals surface area contributed by atoms with E-state index in [4.69, 9.17) is 0 Å². The molecule has 1 aliphatic rings. The van der Waals surface area contributed by atoms with Gasteiger partial charge in [0.15, 0.2) is 0 Å². The van der Waals surface area contributed by atoms with Gasteiger partial charge in [0.2, 0.25) is 0 Å². The Morgan fingerprint density at radius 2 is 2.12 bits per heavy atom. The SMILES string of the molecule is CN(Cc1nc2sc3c(c2c(=O)[nH]1)CCC3)C[C@H](O)c1ccccc1. The van der Waals surface area contributed by atoms with Crippen LogP contribution < -0.4 is 5.56 Å². The Balaban J connectivity index is 1.51. The van der Waals surface area contributed by atoms with Crippen molar-refractivity contribution in [2.45, 2.75) is 31.9 Å². The van der Waals surface area contributed by atoms with Crippen LogP contribution in [0, 0.1) is 0 Å². The van der Waals surface area contributed by atoms with Crippen molar-refractivity contribution in [1.29, 1.82) is 0 Å². The third-order valence-electron chi connectivity index (χ3n) is 4.71. The molecule has 2 N–H and O–H groups in total. The van der Waals surface area contributed by atoms with E-state index in [1.54, 1.807) is 11.3 Å². The van der Waals surface area contributed by atoms with Gasteiger partial charge in [0.1, 0.15) is 10.7 Å². The van der Waals surface area contributed by atoms with Gasteiger partial charge in [-0.05, 0) is 37.4 Å². The second kappa shape index (κ2) is 6.71. The zero-order valence-electron chi connectivity index (χ0n) is 14.2. The monoisotopic (exact) mass is 355 g/mol. The van der Waals surface area contributed by atoms with E-state index in [0.29, 0.717) is 18.9 Å². The summed E-state index contributed by atoms with van der Waals surface area (Å²) in [5, 5.41) is 11.1. The highest BCUT2D eigenvalue weighted by Crippen LogP contribution is 2.34. The number of thiophene rings is 1. The first-order valence-electron chi connectivity index (χ1n) is 8.57. The number of aryl methyl sites for hydroxylation is 2. The Bertz CT molecular complexity index is 948. The Hall–Kier alpha value is -2.02. The molecular formula is C19H21N3O2S. The van der Waals surface area contributed by atoms with Crippen LogP contribution in [-0.2, 0) is 19.4 Å². The maximum absolute atomic E-state index is 12.5. The van der Waals surface area contributed by atoms with Crippen molar-refractivity contribution < 1.29 is 5.11 Å². The van der Waals surface area contributed by atoms with Crippen molar-refractivity contribution in [3.05, 3.63) is 62.5 Å². The summed E-state index contributed by atoms with van der Waals surface area (Å²) in [4.78, 5) is 24.2. The van der Waals surface area contributed by atoms with Crippen molar-refractivity contribution in [2.24, 2.45) is 0 Å². The Morgan fingerprint density at radius 3 is 2.92 bits per heavy atom. The second-order valence-electron chi connectivity index (χ2n) is 6.67. The molecule has 0 amide bonds. The number of benzene rings is 1. The van der Waals surface area contributed by atoms with Crippen molar-refractivity contribution in [1.82, 2.24) is 14.9 Å². The standard InChI is InChI=1S/C19H21N3O2S/c1-22(10-14(23)12-6-3-2-4-7-12)11-16-20-18(24)17-13-8-5-9-15(13)25-19(17)21-16/h2-4,6-7,14,23H,5,8-11H2,1H3,(H,20,21,24)/t14-/m0/s1. The van der Waals surface area contributed by atoms with Crippen LogP contribution in [0.15, 0.2) is 35.1 Å². The van der Waals surface area contributed by atoms with Gasteiger partial charge in [-0.25, -0.2) is 4.98 Å². The predicted molar refractivity (Wildman–Crippen MR) is 100 cm³/mol. The molecule has 0 saturated heterocycles. The van der Waals surface area contributed by atoms with Crippen LogP contribution in [-0.4, -0.2) is 33.6 Å². The minimum Gasteiger partial charge on any atom is -0.387 e. The number of likely N-dealkylation sites (N-methyl/N-ethyl adjacent to an activating group) is 1. The molecule has 0 spiro atoms. The average Bonchev–Trinajstić information content (AvgIpc) is 3.15. The third-order valence-corrected chi connectivity index (χ3v) is 5.90. The molecule has 1 aliphatic carbocycles. The number of nitrogens with zero attached hydrogens (tertiary/aromatic N) is 2. The third kappa shape index (κ3) is 3.25. The largest absolute Gasteiger partial charge is 0.387 e. The van der Waals surface area contributed by atoms with Gasteiger partial charge in [-0.1, -0.05) is 30.3 Å². The Labute approximate surface area is 150 Å². The molecule has 1 aromatic carbocycles. The second-order valence-corrected chi connectivity index (χ2v) is 7.76. The summed E-state index contributed by atoms with van der Waals surface area (Å²) in [5.41, 5.74) is 2.06. The van der Waals surface area contributed by atoms with Crippen LogP contribution >= 0.6 is 11.3 Å². The molecule has 2 aromatic heterocycles. The summed E-state index contributed by atoms with van der Waals surface area (Å²) in [5.74, 6) is 0.653. The molecule has 0 aliphatic heterocycles. The van der Waals surface area contributed by atoms with Gasteiger partial charge in [-0.2, -0.15) is 0 Å². The molecule has 0 bridgehead atoms. The molecule has 0 radical (unpaired) electrons. The molecule has 5 nitrogen and oxygen atoms in total. The Morgan fingerprint density at radius 1 is 1.32 bits per heavy atom. The van der Waals surface area contributed by atoms with E-state index in [1.165, 1.54) is 10.4 Å². The van der Waals surface area contributed by atoms with E-state index in [1.807, 2.05) is 42.3 Å². The Kier molecular flexibility index (Phi) is 4.41. The number of hydrogen-bond donors (Lipinski definition) is 2. The van der Waals surface area contributed by atoms with Crippen molar-refractivity contribution in [2.75, 3.05) is 13.6 Å². The smallest absolute Gasteiger partial charge is 0.259 e. The lowest BCUT2D eigenvalue weighted by Gasteiger charge is -2.20. The van der Waals surface area contributed by atoms with Crippen LogP contribution in [0.5, 0.6) is 0 Å². The number of fused-ring (bicyclic) bond motifs is 3. The topological polar surface area (TPSA) is 69.2 Å². The number of H-pyrrole nitrogens is 1. The maximum Gasteiger partial charge on any atom is 0.259 e. The van der Waals surface area contributed by atoms with Crippen LogP contribution in [0.3, 0.4) is 0 Å². The highest BCUT2D eigenvalue weighted by molar-refractivity contribution is 7.18. The van der Waals surface area contributed by atoms with Crippen LogP contribution in [0.4, 0.5) is 0 Å². The summed E-state index contributed by atoms with van der Waals surface area (Å²) in [6.07, 6.45) is 2.63. The first-order valence-corrected chi connectivity index (χ1v) is 9.38. The summed E-state index contributed by atoms with van der Waals surface area (Å²) in [6.45, 7) is 0.977. The lowest BCUT2D eigenvalue weighted by atomic mass is 10.1. The lowest BCUT2D eigenvalue weighted by molar-refractivity contribution is 0.122. The van der Waals surface area contributed by atoms with Gasteiger partial charge in [0.05, 0.1) is 18.0 Å². The van der Waals surface area contributed by atoms with Gasteiger partial charge in [-0.15, -0.1) is 11.3 Å². The van der Waals surface area contributed by atoms with Crippen LogP contribution in [0.25, 0.3) is 10.2 Å². The van der Waals surface area contributed by atoms with Crippen molar-refractivity contribution in [3.63, 3.8) is 0 Å². The first-order chi connectivity index (χ1) is 12.1. The molecule has 1 atom stereocenters. The highest BCUT2D eigenvalue weighted by Gasteiger charge is 2.21. The number of rotatable bonds is 5. The molecule has 130 valence electrons. The number of aromatic amines is 1. The lowest BCUT2D eigenvalue weighted by Crippen LogP contribution is -2.26. The summed E-state index contributed by atoms with van der Waals surface area (Å²) in [6, 6.07) is 9.60. The van der Waals surface area contributed by atoms with E-state index < -0.39 is 6.10 Å². The molecule has 2 heterocycles. The van der Waals surface area contributed by atoms with Gasteiger partial charge >= 0.3 is 0 Å². The van der Waals surface area contributed by atoms with Crippen molar-refractivity contribution >= 4 is 21.6 Å². The van der Waals surface area contributed by atoms with E-state index in [2.05, 4.69) is 9.97 Å². The quantitative estimate of drug-likeness (QED) is 0.738. The average molecular weight is 355 g/mol. The minimum atomic E-state index is -0.563. The van der Waals surface area contributed by atoms with Gasteiger partial charge in [-0.3, -0.25) is 9.69 Å². The number of aliphatic hydroxyl groups excluding tert-OH is 1. The summed E-state index contributed by atoms with van der Waals surface area (Å²) in [7, 11) is 1.92. The van der Waals surface area contributed by atoms with Crippen molar-refractivity contribution in [3.8, 4) is 0 Å². The zero-order chi connectivity index (χ0) is 17.4. The molecule has 0 fully saturated rings. The van der Waals surface area contributed by atoms with Gasteiger partial charge in [0.25, 0.3) is 5.56 Å². The molecule has 6 heteroatoms. The molecule has 25 heavy (non-hydrogen) atoms. The normalized spacial score (nSPS) is 15.0. The number of aromatic nitrogens is 2. The molecular weight excluding hydrogens is 334 g/mol.